The van der Waals surface area contributed by atoms with Crippen molar-refractivity contribution in [1.82, 2.24) is 9.88 Å². The molecule has 6 rings (SSSR count). The molecule has 0 spiro atoms. The smallest absolute Gasteiger partial charge is 0.405 e. The second-order valence-electron chi connectivity index (χ2n) is 15.2. The van der Waals surface area contributed by atoms with Gasteiger partial charge in [0.2, 0.25) is 0 Å². The van der Waals surface area contributed by atoms with E-state index in [-0.39, 0.29) is 23.4 Å². The van der Waals surface area contributed by atoms with Crippen molar-refractivity contribution < 1.29 is 27.2 Å². The normalized spacial score (nSPS) is 14.4. The summed E-state index contributed by atoms with van der Waals surface area (Å²) < 4.78 is 53.8. The largest absolute Gasteiger partial charge is 0.416 e. The number of anilines is 2. The second kappa shape index (κ2) is 19.3. The van der Waals surface area contributed by atoms with Crippen LogP contribution < -0.4 is 15.5 Å². The number of hydrogen-bond donors (Lipinski definition) is 1. The summed E-state index contributed by atoms with van der Waals surface area (Å²) in [5.74, 6) is 0.811. The van der Waals surface area contributed by atoms with Gasteiger partial charge in [0, 0.05) is 26.7 Å². The molecule has 3 heterocycles. The Morgan fingerprint density at radius 3 is 2.29 bits per heavy atom. The SMILES string of the molecule is CC(C)CN(C(=O)c1ccccc1F)c1cccc(N(C)C/C(=C/N)C(C)C)n1.Cc1ccsc1C(=O)N1CCC[C@H]1c1ccccc1-c1cccc(C(F)(F)F)c1. The summed E-state index contributed by atoms with van der Waals surface area (Å²) in [5.41, 5.74) is 9.34. The molecule has 2 N–H and O–H groups in total. The quantitative estimate of drug-likeness (QED) is 0.134. The molecule has 1 aliphatic rings. The molecule has 0 saturated carbocycles. The number of nitrogens with two attached hydrogens (primary N) is 1. The predicted octanol–water partition coefficient (Wildman–Crippen LogP) is 11.2. The van der Waals surface area contributed by atoms with Gasteiger partial charge in [-0.05, 0) is 113 Å². The van der Waals surface area contributed by atoms with Crippen LogP contribution in [0.2, 0.25) is 0 Å². The Morgan fingerprint density at radius 2 is 1.64 bits per heavy atom. The number of benzene rings is 3. The first-order valence-corrected chi connectivity index (χ1v) is 20.3. The Balaban J connectivity index is 0.000000221. The number of thiophene rings is 1. The molecule has 58 heavy (non-hydrogen) atoms. The minimum absolute atomic E-state index is 0.00107. The van der Waals surface area contributed by atoms with Crippen LogP contribution in [0, 0.1) is 24.6 Å². The molecule has 1 fully saturated rings. The third-order valence-electron chi connectivity index (χ3n) is 10.1. The molecule has 2 amide bonds. The van der Waals surface area contributed by atoms with Gasteiger partial charge in [0.15, 0.2) is 0 Å². The molecule has 12 heteroatoms. The van der Waals surface area contributed by atoms with Gasteiger partial charge in [0.25, 0.3) is 11.8 Å². The first-order chi connectivity index (χ1) is 27.6. The Morgan fingerprint density at radius 1 is 0.948 bits per heavy atom. The van der Waals surface area contributed by atoms with Crippen molar-refractivity contribution in [2.45, 2.75) is 59.7 Å². The maximum Gasteiger partial charge on any atom is 0.416 e. The average molecular weight is 814 g/mol. The standard InChI is InChI=1S/C23H20F3NOS.C23H31FN4O/c1-15-11-13-29-21(15)22(28)27-12-5-10-20(27)19-9-3-2-8-18(19)16-6-4-7-17(14-16)23(24,25)26;1-16(2)14-28(23(29)19-9-6-7-10-20(19)24)22-12-8-11-21(26-22)27(5)15-18(13-25)17(3)4/h2-4,6-9,11,13-14,20H,5,10,12H2,1H3;6-13,16-17H,14-15,25H2,1-5H3/b;18-13-/t20-;/m0./s1. The van der Waals surface area contributed by atoms with Gasteiger partial charge in [-0.1, -0.05) is 82.3 Å². The van der Waals surface area contributed by atoms with E-state index >= 15 is 0 Å². The van der Waals surface area contributed by atoms with Crippen LogP contribution in [0.1, 0.15) is 83.3 Å². The maximum atomic E-state index is 14.2. The highest BCUT2D eigenvalue weighted by molar-refractivity contribution is 7.12. The van der Waals surface area contributed by atoms with Crippen LogP contribution in [-0.4, -0.2) is 48.4 Å². The molecular weight excluding hydrogens is 763 g/mol. The van der Waals surface area contributed by atoms with Crippen LogP contribution in [0.5, 0.6) is 0 Å². The third-order valence-corrected chi connectivity index (χ3v) is 11.1. The van der Waals surface area contributed by atoms with Crippen molar-refractivity contribution in [3.63, 3.8) is 0 Å². The molecule has 7 nitrogen and oxygen atoms in total. The molecule has 3 aromatic carbocycles. The number of carbonyl (C=O) groups is 2. The van der Waals surface area contributed by atoms with E-state index in [0.717, 1.165) is 51.9 Å². The summed E-state index contributed by atoms with van der Waals surface area (Å²) >= 11 is 1.43. The van der Waals surface area contributed by atoms with E-state index in [0.29, 0.717) is 36.9 Å². The fourth-order valence-electron chi connectivity index (χ4n) is 6.95. The highest BCUT2D eigenvalue weighted by Crippen LogP contribution is 2.40. The lowest BCUT2D eigenvalue weighted by molar-refractivity contribution is -0.137. The number of alkyl halides is 3. The van der Waals surface area contributed by atoms with Crippen LogP contribution in [0.25, 0.3) is 11.1 Å². The van der Waals surface area contributed by atoms with Crippen molar-refractivity contribution in [1.29, 1.82) is 0 Å². The number of halogens is 4. The van der Waals surface area contributed by atoms with Gasteiger partial charge in [-0.15, -0.1) is 11.3 Å². The third kappa shape index (κ3) is 10.5. The van der Waals surface area contributed by atoms with E-state index < -0.39 is 23.5 Å². The van der Waals surface area contributed by atoms with Crippen LogP contribution in [-0.2, 0) is 6.18 Å². The van der Waals surface area contributed by atoms with Crippen molar-refractivity contribution >= 4 is 34.8 Å². The lowest BCUT2D eigenvalue weighted by Crippen LogP contribution is -2.36. The Kier molecular flexibility index (Phi) is 14.5. The van der Waals surface area contributed by atoms with E-state index in [9.17, 15) is 27.2 Å². The molecule has 2 aromatic heterocycles. The van der Waals surface area contributed by atoms with Crippen molar-refractivity contribution in [2.75, 3.05) is 36.5 Å². The molecule has 5 aromatic rings. The summed E-state index contributed by atoms with van der Waals surface area (Å²) in [7, 11) is 1.93. The van der Waals surface area contributed by atoms with Gasteiger partial charge in [-0.3, -0.25) is 14.5 Å². The minimum Gasteiger partial charge on any atom is -0.405 e. The molecule has 1 saturated heterocycles. The number of rotatable bonds is 11. The second-order valence-corrected chi connectivity index (χ2v) is 16.1. The molecule has 1 atom stereocenters. The summed E-state index contributed by atoms with van der Waals surface area (Å²) in [5, 5.41) is 1.91. The number of amides is 2. The van der Waals surface area contributed by atoms with Gasteiger partial charge >= 0.3 is 6.18 Å². The fraction of sp³-hybridized carbons (Fsp3) is 0.326. The lowest BCUT2D eigenvalue weighted by Gasteiger charge is -2.27. The van der Waals surface area contributed by atoms with E-state index in [1.807, 2.05) is 85.5 Å². The van der Waals surface area contributed by atoms with E-state index in [2.05, 4.69) is 18.8 Å². The van der Waals surface area contributed by atoms with E-state index in [4.69, 9.17) is 5.73 Å². The molecule has 306 valence electrons. The van der Waals surface area contributed by atoms with Crippen LogP contribution in [0.3, 0.4) is 0 Å². The predicted molar refractivity (Wildman–Crippen MR) is 226 cm³/mol. The number of carbonyl (C=O) groups excluding carboxylic acids is 2. The number of nitrogens with zero attached hydrogens (tertiary/aromatic N) is 4. The number of hydrogen-bond acceptors (Lipinski definition) is 6. The molecular formula is C46H51F4N5O2S. The van der Waals surface area contributed by atoms with Crippen LogP contribution in [0.15, 0.2) is 114 Å². The fourth-order valence-corrected chi connectivity index (χ4v) is 7.83. The van der Waals surface area contributed by atoms with Gasteiger partial charge in [-0.25, -0.2) is 9.37 Å². The molecule has 0 aliphatic carbocycles. The van der Waals surface area contributed by atoms with E-state index in [1.165, 1.54) is 35.6 Å². The van der Waals surface area contributed by atoms with Crippen molar-refractivity contribution in [3.8, 4) is 11.1 Å². The Labute approximate surface area is 342 Å². The number of likely N-dealkylation sites (N-methyl/N-ethyl adjacent to an activating group) is 1. The van der Waals surface area contributed by atoms with Crippen LogP contribution >= 0.6 is 11.3 Å². The minimum atomic E-state index is -4.39. The first-order valence-electron chi connectivity index (χ1n) is 19.4. The molecule has 1 aliphatic heterocycles. The van der Waals surface area contributed by atoms with E-state index in [1.54, 1.807) is 35.4 Å². The highest BCUT2D eigenvalue weighted by atomic mass is 32.1. The number of aryl methyl sites for hydroxylation is 1. The van der Waals surface area contributed by atoms with Gasteiger partial charge in [0.05, 0.1) is 22.0 Å². The summed E-state index contributed by atoms with van der Waals surface area (Å²) in [4.78, 5) is 37.1. The van der Waals surface area contributed by atoms with Crippen molar-refractivity contribution in [2.24, 2.45) is 17.6 Å². The monoisotopic (exact) mass is 813 g/mol. The lowest BCUT2D eigenvalue weighted by atomic mass is 9.92. The molecule has 0 radical (unpaired) electrons. The topological polar surface area (TPSA) is 82.8 Å². The zero-order valence-electron chi connectivity index (χ0n) is 33.8. The first kappa shape index (κ1) is 43.6. The molecule has 0 bridgehead atoms. The summed E-state index contributed by atoms with van der Waals surface area (Å²) in [6.07, 6.45) is -1.08. The maximum absolute atomic E-state index is 14.2. The Hall–Kier alpha value is -5.49. The Bertz CT molecular complexity index is 2220. The van der Waals surface area contributed by atoms with Gasteiger partial charge in [-0.2, -0.15) is 13.2 Å². The average Bonchev–Trinajstić information content (AvgIpc) is 3.88. The zero-order valence-corrected chi connectivity index (χ0v) is 34.6. The number of likely N-dealkylation sites (tertiary alicyclic amines) is 1. The molecule has 0 unspecified atom stereocenters. The van der Waals surface area contributed by atoms with Crippen LogP contribution in [0.4, 0.5) is 29.2 Å². The zero-order chi connectivity index (χ0) is 42.1. The highest BCUT2D eigenvalue weighted by Gasteiger charge is 2.34. The number of pyridine rings is 1. The summed E-state index contributed by atoms with van der Waals surface area (Å²) in [6.45, 7) is 11.9. The van der Waals surface area contributed by atoms with Gasteiger partial charge < -0.3 is 15.5 Å². The number of aromatic nitrogens is 1. The summed E-state index contributed by atoms with van der Waals surface area (Å²) in [6, 6.07) is 26.2. The van der Waals surface area contributed by atoms with Crippen molar-refractivity contribution in [3.05, 3.63) is 147 Å². The van der Waals surface area contributed by atoms with Gasteiger partial charge in [0.1, 0.15) is 17.5 Å².